The quantitative estimate of drug-likeness (QED) is 0.447. The zero-order valence-corrected chi connectivity index (χ0v) is 5.85. The Balaban J connectivity index is 2.85. The molecule has 0 spiro atoms. The third kappa shape index (κ3) is 1.00. The van der Waals surface area contributed by atoms with E-state index in [2.05, 4.69) is 5.32 Å². The van der Waals surface area contributed by atoms with E-state index in [4.69, 9.17) is 16.2 Å². The first-order chi connectivity index (χ1) is 4.75. The predicted octanol–water partition coefficient (Wildman–Crippen LogP) is -0.794. The van der Waals surface area contributed by atoms with Crippen LogP contribution in [-0.4, -0.2) is 13.7 Å². The molecule has 56 valence electrons. The average Bonchev–Trinajstić information content (AvgIpc) is 1.95. The van der Waals surface area contributed by atoms with Crippen LogP contribution in [0.15, 0.2) is 23.4 Å². The molecular weight excluding hydrogens is 130 g/mol. The highest BCUT2D eigenvalue weighted by atomic mass is 16.5. The first-order valence-electron chi connectivity index (χ1n) is 2.97. The fraction of sp³-hybridized carbons (Fsp3) is 0.333. The van der Waals surface area contributed by atoms with Gasteiger partial charge in [-0.1, -0.05) is 0 Å². The Morgan fingerprint density at radius 1 is 1.60 bits per heavy atom. The second-order valence-electron chi connectivity index (χ2n) is 2.02. The van der Waals surface area contributed by atoms with E-state index in [0.29, 0.717) is 23.7 Å². The van der Waals surface area contributed by atoms with E-state index in [9.17, 15) is 0 Å². The van der Waals surface area contributed by atoms with Gasteiger partial charge in [0.15, 0.2) is 0 Å². The minimum Gasteiger partial charge on any atom is -0.497 e. The molecule has 0 bridgehead atoms. The lowest BCUT2D eigenvalue weighted by molar-refractivity contribution is 0.276. The van der Waals surface area contributed by atoms with Crippen molar-refractivity contribution in [3.8, 4) is 0 Å². The Hall–Kier alpha value is -1.32. The molecule has 1 rings (SSSR count). The summed E-state index contributed by atoms with van der Waals surface area (Å²) < 4.78 is 4.95. The van der Waals surface area contributed by atoms with E-state index in [1.165, 1.54) is 0 Å². The number of dihydropyridines is 1. The van der Waals surface area contributed by atoms with Crippen LogP contribution >= 0.6 is 0 Å². The molecule has 0 unspecified atom stereocenters. The monoisotopic (exact) mass is 141 g/mol. The lowest BCUT2D eigenvalue weighted by Crippen LogP contribution is -2.26. The number of nitrogens with two attached hydrogens (primary N) is 2. The fourth-order valence-corrected chi connectivity index (χ4v) is 0.770. The van der Waals surface area contributed by atoms with Crippen molar-refractivity contribution in [2.45, 2.75) is 0 Å². The molecule has 4 nitrogen and oxygen atoms in total. The van der Waals surface area contributed by atoms with Crippen LogP contribution < -0.4 is 16.8 Å². The molecule has 0 aromatic rings. The van der Waals surface area contributed by atoms with Gasteiger partial charge < -0.3 is 21.5 Å². The SMILES string of the molecule is COC1=C(N)C(N)=CNC1. The minimum atomic E-state index is 0.529. The van der Waals surface area contributed by atoms with Crippen molar-refractivity contribution in [2.24, 2.45) is 11.5 Å². The van der Waals surface area contributed by atoms with Crippen LogP contribution in [0.2, 0.25) is 0 Å². The maximum absolute atomic E-state index is 5.55. The lowest BCUT2D eigenvalue weighted by atomic mass is 10.2. The Kier molecular flexibility index (Phi) is 1.71. The standard InChI is InChI=1S/C6H11N3O/c1-10-5-3-9-2-4(7)6(5)8/h2,9H,3,7-8H2,1H3. The molecule has 0 saturated carbocycles. The van der Waals surface area contributed by atoms with E-state index >= 15 is 0 Å². The first kappa shape index (κ1) is 6.80. The van der Waals surface area contributed by atoms with E-state index < -0.39 is 0 Å². The summed E-state index contributed by atoms with van der Waals surface area (Å²) in [7, 11) is 1.57. The molecule has 5 N–H and O–H groups in total. The Morgan fingerprint density at radius 3 is 2.80 bits per heavy atom. The summed E-state index contributed by atoms with van der Waals surface area (Å²) in [5.41, 5.74) is 12.1. The molecule has 1 heterocycles. The zero-order chi connectivity index (χ0) is 7.56. The highest BCUT2D eigenvalue weighted by molar-refractivity contribution is 5.31. The molecule has 0 fully saturated rings. The summed E-state index contributed by atoms with van der Waals surface area (Å²) in [5, 5.41) is 2.92. The summed E-state index contributed by atoms with van der Waals surface area (Å²) in [6.45, 7) is 0.614. The van der Waals surface area contributed by atoms with Gasteiger partial charge in [-0.15, -0.1) is 0 Å². The molecule has 1 aliphatic heterocycles. The number of rotatable bonds is 1. The van der Waals surface area contributed by atoms with Crippen molar-refractivity contribution in [1.82, 2.24) is 5.32 Å². The Labute approximate surface area is 59.5 Å². The van der Waals surface area contributed by atoms with Crippen molar-refractivity contribution in [2.75, 3.05) is 13.7 Å². The molecule has 0 amide bonds. The lowest BCUT2D eigenvalue weighted by Gasteiger charge is -2.15. The van der Waals surface area contributed by atoms with E-state index in [1.807, 2.05) is 0 Å². The average molecular weight is 141 g/mol. The molecule has 0 radical (unpaired) electrons. The molecule has 4 heteroatoms. The van der Waals surface area contributed by atoms with Gasteiger partial charge >= 0.3 is 0 Å². The molecule has 10 heavy (non-hydrogen) atoms. The fourth-order valence-electron chi connectivity index (χ4n) is 0.770. The van der Waals surface area contributed by atoms with E-state index in [1.54, 1.807) is 13.3 Å². The second-order valence-corrected chi connectivity index (χ2v) is 2.02. The van der Waals surface area contributed by atoms with Crippen molar-refractivity contribution in [3.05, 3.63) is 23.4 Å². The largest absolute Gasteiger partial charge is 0.497 e. The highest BCUT2D eigenvalue weighted by Gasteiger charge is 2.09. The van der Waals surface area contributed by atoms with Crippen LogP contribution in [0.3, 0.4) is 0 Å². The molecular formula is C6H11N3O. The van der Waals surface area contributed by atoms with Crippen LogP contribution in [0.25, 0.3) is 0 Å². The number of hydrogen-bond donors (Lipinski definition) is 3. The van der Waals surface area contributed by atoms with Crippen molar-refractivity contribution < 1.29 is 4.74 Å². The van der Waals surface area contributed by atoms with Gasteiger partial charge in [-0.2, -0.15) is 0 Å². The predicted molar refractivity (Wildman–Crippen MR) is 38.5 cm³/mol. The van der Waals surface area contributed by atoms with Crippen LogP contribution in [-0.2, 0) is 4.74 Å². The van der Waals surface area contributed by atoms with Gasteiger partial charge in [0.25, 0.3) is 0 Å². The van der Waals surface area contributed by atoms with Crippen LogP contribution in [0.4, 0.5) is 0 Å². The summed E-state index contributed by atoms with van der Waals surface area (Å²) in [6, 6.07) is 0. The van der Waals surface area contributed by atoms with Gasteiger partial charge in [0.2, 0.25) is 0 Å². The summed E-state index contributed by atoms with van der Waals surface area (Å²) in [5.74, 6) is 0.694. The van der Waals surface area contributed by atoms with Crippen LogP contribution in [0.5, 0.6) is 0 Å². The third-order valence-electron chi connectivity index (χ3n) is 1.38. The molecule has 0 atom stereocenters. The van der Waals surface area contributed by atoms with Gasteiger partial charge in [-0.3, -0.25) is 0 Å². The normalized spacial score (nSPS) is 17.9. The maximum atomic E-state index is 5.55. The Bertz CT molecular complexity index is 195. The smallest absolute Gasteiger partial charge is 0.140 e. The van der Waals surface area contributed by atoms with E-state index in [-0.39, 0.29) is 0 Å². The van der Waals surface area contributed by atoms with Crippen molar-refractivity contribution >= 4 is 0 Å². The third-order valence-corrected chi connectivity index (χ3v) is 1.38. The van der Waals surface area contributed by atoms with Crippen molar-refractivity contribution in [3.63, 3.8) is 0 Å². The zero-order valence-electron chi connectivity index (χ0n) is 5.85. The summed E-state index contributed by atoms with van der Waals surface area (Å²) >= 11 is 0. The van der Waals surface area contributed by atoms with Gasteiger partial charge in [-0.05, 0) is 0 Å². The van der Waals surface area contributed by atoms with Gasteiger partial charge in [-0.25, -0.2) is 0 Å². The summed E-state index contributed by atoms with van der Waals surface area (Å²) in [6.07, 6.45) is 1.66. The highest BCUT2D eigenvalue weighted by Crippen LogP contribution is 2.07. The van der Waals surface area contributed by atoms with Gasteiger partial charge in [0.1, 0.15) is 5.76 Å². The van der Waals surface area contributed by atoms with Crippen LogP contribution in [0.1, 0.15) is 0 Å². The molecule has 1 aliphatic rings. The second kappa shape index (κ2) is 2.51. The maximum Gasteiger partial charge on any atom is 0.140 e. The topological polar surface area (TPSA) is 73.3 Å². The van der Waals surface area contributed by atoms with E-state index in [0.717, 1.165) is 0 Å². The minimum absolute atomic E-state index is 0.529. The molecule has 0 aromatic heterocycles. The number of nitrogens with one attached hydrogen (secondary N) is 1. The first-order valence-corrected chi connectivity index (χ1v) is 2.97. The Morgan fingerprint density at radius 2 is 2.30 bits per heavy atom. The molecule has 0 aliphatic carbocycles. The van der Waals surface area contributed by atoms with Crippen LogP contribution in [0, 0.1) is 0 Å². The van der Waals surface area contributed by atoms with Crippen molar-refractivity contribution in [1.29, 1.82) is 0 Å². The summed E-state index contributed by atoms with van der Waals surface area (Å²) in [4.78, 5) is 0. The molecule has 0 aromatic carbocycles. The van der Waals surface area contributed by atoms with Gasteiger partial charge in [0.05, 0.1) is 25.0 Å². The molecule has 0 saturated heterocycles. The van der Waals surface area contributed by atoms with Gasteiger partial charge in [0, 0.05) is 6.20 Å². The number of hydrogen-bond acceptors (Lipinski definition) is 4. The number of methoxy groups -OCH3 is 1. The number of ether oxygens (including phenoxy) is 1.